The lowest BCUT2D eigenvalue weighted by molar-refractivity contribution is 0.104. The zero-order valence-corrected chi connectivity index (χ0v) is 14.5. The molecule has 2 nitrogen and oxygen atoms in total. The maximum absolute atomic E-state index is 6.30. The van der Waals surface area contributed by atoms with Crippen LogP contribution in [0.2, 0.25) is 0 Å². The number of aryl methyl sites for hydroxylation is 2. The highest BCUT2D eigenvalue weighted by molar-refractivity contribution is 5.59. The first-order chi connectivity index (χ1) is 12.2. The van der Waals surface area contributed by atoms with E-state index in [0.717, 1.165) is 16.7 Å². The van der Waals surface area contributed by atoms with Gasteiger partial charge < -0.3 is 4.74 Å². The van der Waals surface area contributed by atoms with Gasteiger partial charge in [0.15, 0.2) is 12.0 Å². The predicted molar refractivity (Wildman–Crippen MR) is 102 cm³/mol. The molecular weight excluding hydrogens is 306 g/mol. The van der Waals surface area contributed by atoms with E-state index in [2.05, 4.69) is 86.6 Å². The van der Waals surface area contributed by atoms with Crippen LogP contribution in [0, 0.1) is 13.8 Å². The summed E-state index contributed by atoms with van der Waals surface area (Å²) in [5.41, 5.74) is 5.20. The van der Waals surface area contributed by atoms with Gasteiger partial charge in [0.05, 0.1) is 0 Å². The van der Waals surface area contributed by atoms with Crippen LogP contribution < -0.4 is 0 Å². The minimum atomic E-state index is -0.639. The molecular formula is C23H21NO. The molecule has 1 heterocycles. The first-order valence-electron chi connectivity index (χ1n) is 8.59. The van der Waals surface area contributed by atoms with Crippen LogP contribution in [0.4, 0.5) is 0 Å². The van der Waals surface area contributed by atoms with Gasteiger partial charge >= 0.3 is 0 Å². The summed E-state index contributed by atoms with van der Waals surface area (Å²) in [5, 5.41) is 0. The van der Waals surface area contributed by atoms with Crippen molar-refractivity contribution in [1.29, 1.82) is 0 Å². The second kappa shape index (κ2) is 6.21. The van der Waals surface area contributed by atoms with Gasteiger partial charge in [-0.05, 0) is 19.4 Å². The summed E-state index contributed by atoms with van der Waals surface area (Å²) >= 11 is 0. The molecule has 0 spiro atoms. The van der Waals surface area contributed by atoms with Crippen molar-refractivity contribution in [3.05, 3.63) is 107 Å². The number of benzene rings is 3. The number of hydrogen-bond donors (Lipinski definition) is 0. The van der Waals surface area contributed by atoms with E-state index < -0.39 is 5.60 Å². The van der Waals surface area contributed by atoms with E-state index in [1.807, 2.05) is 6.07 Å². The minimum Gasteiger partial charge on any atom is -0.465 e. The fourth-order valence-electron chi connectivity index (χ4n) is 3.67. The van der Waals surface area contributed by atoms with Crippen molar-refractivity contribution in [2.24, 2.45) is 4.99 Å². The van der Waals surface area contributed by atoms with E-state index in [4.69, 9.17) is 9.73 Å². The molecule has 0 unspecified atom stereocenters. The van der Waals surface area contributed by atoms with Gasteiger partial charge in [-0.15, -0.1) is 0 Å². The summed E-state index contributed by atoms with van der Waals surface area (Å²) in [7, 11) is 0. The monoisotopic (exact) mass is 327 g/mol. The van der Waals surface area contributed by atoms with Crippen molar-refractivity contribution >= 4 is 6.40 Å². The molecule has 124 valence electrons. The maximum Gasteiger partial charge on any atom is 0.187 e. The Morgan fingerprint density at radius 3 is 1.92 bits per heavy atom. The zero-order chi connectivity index (χ0) is 17.3. The van der Waals surface area contributed by atoms with E-state index in [-0.39, 0.29) is 6.04 Å². The Morgan fingerprint density at radius 1 is 0.760 bits per heavy atom. The third kappa shape index (κ3) is 2.64. The summed E-state index contributed by atoms with van der Waals surface area (Å²) < 4.78 is 6.30. The lowest BCUT2D eigenvalue weighted by Gasteiger charge is -2.35. The lowest BCUT2D eigenvalue weighted by atomic mass is 9.77. The van der Waals surface area contributed by atoms with Gasteiger partial charge in [-0.25, -0.2) is 4.99 Å². The predicted octanol–water partition coefficient (Wildman–Crippen LogP) is 5.35. The Balaban J connectivity index is 1.96. The van der Waals surface area contributed by atoms with Crippen LogP contribution in [-0.4, -0.2) is 6.40 Å². The molecule has 1 atom stereocenters. The summed E-state index contributed by atoms with van der Waals surface area (Å²) in [6.07, 6.45) is 1.61. The molecule has 25 heavy (non-hydrogen) atoms. The number of ether oxygens (including phenoxy) is 1. The second-order valence-electron chi connectivity index (χ2n) is 6.66. The van der Waals surface area contributed by atoms with E-state index in [9.17, 15) is 0 Å². The van der Waals surface area contributed by atoms with E-state index >= 15 is 0 Å². The van der Waals surface area contributed by atoms with Gasteiger partial charge in [0.2, 0.25) is 0 Å². The Kier molecular flexibility index (Phi) is 3.89. The average Bonchev–Trinajstić information content (AvgIpc) is 3.08. The topological polar surface area (TPSA) is 21.6 Å². The third-order valence-corrected chi connectivity index (χ3v) is 4.84. The second-order valence-corrected chi connectivity index (χ2v) is 6.66. The molecule has 0 fully saturated rings. The molecule has 0 N–H and O–H groups in total. The molecule has 0 bridgehead atoms. The van der Waals surface area contributed by atoms with Gasteiger partial charge in [0.1, 0.15) is 6.04 Å². The van der Waals surface area contributed by atoms with Crippen molar-refractivity contribution in [3.8, 4) is 0 Å². The van der Waals surface area contributed by atoms with Crippen molar-refractivity contribution in [3.63, 3.8) is 0 Å². The largest absolute Gasteiger partial charge is 0.465 e. The van der Waals surface area contributed by atoms with Crippen LogP contribution in [0.5, 0.6) is 0 Å². The van der Waals surface area contributed by atoms with Crippen molar-refractivity contribution in [2.75, 3.05) is 0 Å². The first-order valence-corrected chi connectivity index (χ1v) is 8.59. The van der Waals surface area contributed by atoms with Crippen LogP contribution >= 0.6 is 0 Å². The van der Waals surface area contributed by atoms with E-state index in [1.54, 1.807) is 6.40 Å². The summed E-state index contributed by atoms with van der Waals surface area (Å²) in [6, 6.07) is 27.4. The molecule has 0 saturated heterocycles. The van der Waals surface area contributed by atoms with Gasteiger partial charge in [-0.2, -0.15) is 0 Å². The minimum absolute atomic E-state index is 0.114. The highest BCUT2D eigenvalue weighted by Gasteiger charge is 2.48. The van der Waals surface area contributed by atoms with E-state index in [0.29, 0.717) is 0 Å². The molecule has 0 saturated carbocycles. The van der Waals surface area contributed by atoms with Crippen molar-refractivity contribution in [2.45, 2.75) is 25.5 Å². The Labute approximate surface area is 148 Å². The number of rotatable bonds is 3. The summed E-state index contributed by atoms with van der Waals surface area (Å²) in [4.78, 5) is 4.72. The van der Waals surface area contributed by atoms with Crippen LogP contribution in [0.25, 0.3) is 0 Å². The zero-order valence-electron chi connectivity index (χ0n) is 14.5. The highest BCUT2D eigenvalue weighted by Crippen LogP contribution is 2.49. The first kappa shape index (κ1) is 15.6. The Morgan fingerprint density at radius 2 is 1.36 bits per heavy atom. The lowest BCUT2D eigenvalue weighted by Crippen LogP contribution is -2.33. The van der Waals surface area contributed by atoms with Crippen molar-refractivity contribution in [1.82, 2.24) is 0 Å². The van der Waals surface area contributed by atoms with Gasteiger partial charge in [-0.1, -0.05) is 90.0 Å². The van der Waals surface area contributed by atoms with Crippen LogP contribution in [0.3, 0.4) is 0 Å². The van der Waals surface area contributed by atoms with Crippen molar-refractivity contribution < 1.29 is 4.74 Å². The number of aliphatic imine (C=N–C) groups is 1. The molecule has 3 aromatic carbocycles. The number of nitrogens with zero attached hydrogens (tertiary/aromatic N) is 1. The van der Waals surface area contributed by atoms with Crippen LogP contribution in [0.1, 0.15) is 33.9 Å². The molecule has 3 aromatic rings. The van der Waals surface area contributed by atoms with Crippen LogP contribution in [0.15, 0.2) is 83.9 Å². The summed E-state index contributed by atoms with van der Waals surface area (Å²) in [6.45, 7) is 4.22. The Hall–Kier alpha value is -2.87. The smallest absolute Gasteiger partial charge is 0.187 e. The standard InChI is InChI=1S/C23H21NO/c1-17-8-6-12-20(14-17)23(21-13-7-9-18(2)15-21)22(24-16-25-23)19-10-4-3-5-11-19/h3-16,22H,1-2H3/t22-/m1/s1. The Bertz CT molecular complexity index is 869. The molecule has 0 aliphatic carbocycles. The highest BCUT2D eigenvalue weighted by atomic mass is 16.5. The normalized spacial score (nSPS) is 18.1. The molecule has 0 radical (unpaired) electrons. The SMILES string of the molecule is Cc1cccc(C2(c3cccc(C)c3)OC=N[C@@H]2c2ccccc2)c1. The fourth-order valence-corrected chi connectivity index (χ4v) is 3.67. The molecule has 1 aliphatic rings. The number of hydrogen-bond acceptors (Lipinski definition) is 2. The summed E-state index contributed by atoms with van der Waals surface area (Å²) in [5.74, 6) is 0. The van der Waals surface area contributed by atoms with Gasteiger partial charge in [0, 0.05) is 11.1 Å². The van der Waals surface area contributed by atoms with Gasteiger partial charge in [-0.3, -0.25) is 0 Å². The van der Waals surface area contributed by atoms with Gasteiger partial charge in [0.25, 0.3) is 0 Å². The quantitative estimate of drug-likeness (QED) is 0.636. The molecule has 4 rings (SSSR count). The third-order valence-electron chi connectivity index (χ3n) is 4.84. The van der Waals surface area contributed by atoms with Crippen LogP contribution in [-0.2, 0) is 10.3 Å². The molecule has 0 aromatic heterocycles. The fraction of sp³-hybridized carbons (Fsp3) is 0.174. The van der Waals surface area contributed by atoms with E-state index in [1.165, 1.54) is 11.1 Å². The molecule has 1 aliphatic heterocycles. The maximum atomic E-state index is 6.30. The molecule has 0 amide bonds. The average molecular weight is 327 g/mol. The molecule has 2 heteroatoms.